The fourth-order valence-electron chi connectivity index (χ4n) is 2.48. The molecule has 2 rings (SSSR count). The topological polar surface area (TPSA) is 92.7 Å². The van der Waals surface area contributed by atoms with Crippen molar-refractivity contribution in [2.75, 3.05) is 25.2 Å². The zero-order valence-electron chi connectivity index (χ0n) is 14.7. The van der Waals surface area contributed by atoms with Crippen molar-refractivity contribution >= 4 is 39.8 Å². The van der Waals surface area contributed by atoms with E-state index in [0.29, 0.717) is 31.4 Å². The Balaban J connectivity index is 0.00000312. The molecule has 0 amide bonds. The Bertz CT molecular complexity index is 667. The number of hydrogen-bond donors (Lipinski definition) is 2. The molecule has 1 atom stereocenters. The summed E-state index contributed by atoms with van der Waals surface area (Å²) in [4.78, 5) is 8.43. The van der Waals surface area contributed by atoms with Gasteiger partial charge in [0.1, 0.15) is 0 Å². The van der Waals surface area contributed by atoms with E-state index < -0.39 is 9.84 Å². The monoisotopic (exact) mass is 482 g/mol. The van der Waals surface area contributed by atoms with Gasteiger partial charge in [-0.15, -0.1) is 24.0 Å². The third kappa shape index (κ3) is 7.35. The predicted molar refractivity (Wildman–Crippen MR) is 110 cm³/mol. The molecule has 1 aromatic rings. The lowest BCUT2D eigenvalue weighted by Crippen LogP contribution is -2.43. The van der Waals surface area contributed by atoms with Crippen LogP contribution in [0, 0.1) is 0 Å². The number of aromatic nitrogens is 1. The summed E-state index contributed by atoms with van der Waals surface area (Å²) in [6.45, 7) is 3.27. The van der Waals surface area contributed by atoms with Crippen molar-refractivity contribution in [3.05, 3.63) is 23.9 Å². The lowest BCUT2D eigenvalue weighted by Gasteiger charge is -2.17. The third-order valence-corrected chi connectivity index (χ3v) is 5.60. The molecule has 25 heavy (non-hydrogen) atoms. The van der Waals surface area contributed by atoms with Crippen molar-refractivity contribution in [1.82, 2.24) is 15.6 Å². The van der Waals surface area contributed by atoms with Gasteiger partial charge < -0.3 is 15.4 Å². The maximum absolute atomic E-state index is 11.5. The van der Waals surface area contributed by atoms with E-state index in [1.807, 2.05) is 12.1 Å². The number of pyridine rings is 1. The standard InChI is InChI=1S/C16H26N4O3S.HI/c1-3-4-9-23-15-13(6-5-8-18-15)11-19-16(17-2)20-14-7-10-24(21,22)12-14;/h5-6,8,14H,3-4,7,9-12H2,1-2H3,(H2,17,19,20);1H. The van der Waals surface area contributed by atoms with Crippen molar-refractivity contribution in [3.63, 3.8) is 0 Å². The minimum absolute atomic E-state index is 0. The average Bonchev–Trinajstić information content (AvgIpc) is 2.91. The average molecular weight is 482 g/mol. The van der Waals surface area contributed by atoms with Crippen LogP contribution in [0.3, 0.4) is 0 Å². The molecule has 1 fully saturated rings. The molecule has 1 aliphatic heterocycles. The summed E-state index contributed by atoms with van der Waals surface area (Å²) in [5.41, 5.74) is 0.940. The van der Waals surface area contributed by atoms with Gasteiger partial charge in [-0.05, 0) is 18.9 Å². The fraction of sp³-hybridized carbons (Fsp3) is 0.625. The normalized spacial score (nSPS) is 19.1. The van der Waals surface area contributed by atoms with Gasteiger partial charge in [0.2, 0.25) is 5.88 Å². The fourth-order valence-corrected chi connectivity index (χ4v) is 4.15. The summed E-state index contributed by atoms with van der Waals surface area (Å²) in [7, 11) is -1.24. The van der Waals surface area contributed by atoms with Crippen molar-refractivity contribution in [2.24, 2.45) is 4.99 Å². The summed E-state index contributed by atoms with van der Waals surface area (Å²) in [5, 5.41) is 6.36. The highest BCUT2D eigenvalue weighted by Gasteiger charge is 2.28. The number of rotatable bonds is 7. The first-order valence-corrected chi connectivity index (χ1v) is 10.1. The number of halogens is 1. The summed E-state index contributed by atoms with van der Waals surface area (Å²) >= 11 is 0. The first-order chi connectivity index (χ1) is 11.5. The van der Waals surface area contributed by atoms with E-state index >= 15 is 0 Å². The Morgan fingerprint density at radius 1 is 1.48 bits per heavy atom. The highest BCUT2D eigenvalue weighted by molar-refractivity contribution is 14.0. The number of guanidine groups is 1. The summed E-state index contributed by atoms with van der Waals surface area (Å²) in [6.07, 6.45) is 4.38. The van der Waals surface area contributed by atoms with Crippen LogP contribution >= 0.6 is 24.0 Å². The van der Waals surface area contributed by atoms with Gasteiger partial charge in [-0.25, -0.2) is 13.4 Å². The Kier molecular flexibility index (Phi) is 9.47. The Hall–Kier alpha value is -1.10. The predicted octanol–water partition coefficient (Wildman–Crippen LogP) is 1.73. The number of nitrogens with one attached hydrogen (secondary N) is 2. The number of ether oxygens (including phenoxy) is 1. The van der Waals surface area contributed by atoms with Gasteiger partial charge in [0, 0.05) is 31.4 Å². The largest absolute Gasteiger partial charge is 0.477 e. The molecule has 0 saturated carbocycles. The maximum Gasteiger partial charge on any atom is 0.218 e. The lowest BCUT2D eigenvalue weighted by molar-refractivity contribution is 0.294. The molecule has 1 aliphatic rings. The van der Waals surface area contributed by atoms with Gasteiger partial charge in [-0.3, -0.25) is 4.99 Å². The SMILES string of the molecule is CCCCOc1ncccc1CNC(=NC)NC1CCS(=O)(=O)C1.I. The number of unbranched alkanes of at least 4 members (excludes halogenated alkanes) is 1. The van der Waals surface area contributed by atoms with Gasteiger partial charge >= 0.3 is 0 Å². The van der Waals surface area contributed by atoms with E-state index in [1.54, 1.807) is 13.2 Å². The molecule has 1 aromatic heterocycles. The molecule has 2 heterocycles. The Morgan fingerprint density at radius 3 is 2.92 bits per heavy atom. The summed E-state index contributed by atoms with van der Waals surface area (Å²) < 4.78 is 28.8. The second-order valence-corrected chi connectivity index (χ2v) is 8.07. The molecule has 142 valence electrons. The van der Waals surface area contributed by atoms with Crippen molar-refractivity contribution < 1.29 is 13.2 Å². The number of nitrogens with zero attached hydrogens (tertiary/aromatic N) is 2. The molecule has 0 aromatic carbocycles. The molecule has 2 N–H and O–H groups in total. The molecular formula is C16H27IN4O3S. The number of hydrogen-bond acceptors (Lipinski definition) is 5. The van der Waals surface area contributed by atoms with Crippen molar-refractivity contribution in [2.45, 2.75) is 38.8 Å². The highest BCUT2D eigenvalue weighted by atomic mass is 127. The molecule has 0 bridgehead atoms. The van der Waals surface area contributed by atoms with Crippen molar-refractivity contribution in [1.29, 1.82) is 0 Å². The molecule has 0 aliphatic carbocycles. The highest BCUT2D eigenvalue weighted by Crippen LogP contribution is 2.15. The first kappa shape index (κ1) is 21.9. The minimum Gasteiger partial charge on any atom is -0.477 e. The molecule has 9 heteroatoms. The molecule has 1 unspecified atom stereocenters. The van der Waals surface area contributed by atoms with Crippen LogP contribution in [-0.2, 0) is 16.4 Å². The third-order valence-electron chi connectivity index (χ3n) is 3.83. The van der Waals surface area contributed by atoms with Crippen LogP contribution in [0.25, 0.3) is 0 Å². The molecular weight excluding hydrogens is 455 g/mol. The van der Waals surface area contributed by atoms with Crippen LogP contribution < -0.4 is 15.4 Å². The van der Waals surface area contributed by atoms with Gasteiger partial charge in [0.15, 0.2) is 15.8 Å². The Labute approximate surface area is 167 Å². The van der Waals surface area contributed by atoms with Gasteiger partial charge in [0.25, 0.3) is 0 Å². The van der Waals surface area contributed by atoms with Crippen LogP contribution in [-0.4, -0.2) is 50.6 Å². The van der Waals surface area contributed by atoms with Crippen LogP contribution in [0.1, 0.15) is 31.7 Å². The zero-order valence-corrected chi connectivity index (χ0v) is 17.8. The van der Waals surface area contributed by atoms with E-state index in [2.05, 4.69) is 27.5 Å². The summed E-state index contributed by atoms with van der Waals surface area (Å²) in [5.74, 6) is 1.60. The van der Waals surface area contributed by atoms with Gasteiger partial charge in [-0.1, -0.05) is 19.4 Å². The van der Waals surface area contributed by atoms with Crippen LogP contribution in [0.4, 0.5) is 0 Å². The number of sulfone groups is 1. The molecule has 1 saturated heterocycles. The maximum atomic E-state index is 11.5. The molecule has 0 radical (unpaired) electrons. The van der Waals surface area contributed by atoms with Crippen LogP contribution in [0.2, 0.25) is 0 Å². The summed E-state index contributed by atoms with van der Waals surface area (Å²) in [6, 6.07) is 3.73. The first-order valence-electron chi connectivity index (χ1n) is 8.28. The van der Waals surface area contributed by atoms with Crippen LogP contribution in [0.15, 0.2) is 23.3 Å². The minimum atomic E-state index is -2.91. The Morgan fingerprint density at radius 2 is 2.28 bits per heavy atom. The number of aliphatic imine (C=N–C) groups is 1. The second-order valence-electron chi connectivity index (χ2n) is 5.84. The van der Waals surface area contributed by atoms with E-state index in [0.717, 1.165) is 18.4 Å². The molecule has 7 nitrogen and oxygen atoms in total. The van der Waals surface area contributed by atoms with Gasteiger partial charge in [-0.2, -0.15) is 0 Å². The van der Waals surface area contributed by atoms with Crippen LogP contribution in [0.5, 0.6) is 5.88 Å². The van der Waals surface area contributed by atoms with E-state index in [9.17, 15) is 8.42 Å². The van der Waals surface area contributed by atoms with E-state index in [1.165, 1.54) is 0 Å². The smallest absolute Gasteiger partial charge is 0.218 e. The zero-order chi connectivity index (χ0) is 17.4. The van der Waals surface area contributed by atoms with Crippen molar-refractivity contribution in [3.8, 4) is 5.88 Å². The second kappa shape index (κ2) is 10.8. The lowest BCUT2D eigenvalue weighted by atomic mass is 10.2. The van der Waals surface area contributed by atoms with Gasteiger partial charge in [0.05, 0.1) is 18.1 Å². The van der Waals surface area contributed by atoms with E-state index in [-0.39, 0.29) is 41.5 Å². The van der Waals surface area contributed by atoms with E-state index in [4.69, 9.17) is 4.74 Å². The quantitative estimate of drug-likeness (QED) is 0.266. The molecule has 0 spiro atoms.